The molecule has 0 unspecified atom stereocenters. The molecule has 1 amide bonds. The molecule has 1 fully saturated rings. The van der Waals surface area contributed by atoms with Crippen molar-refractivity contribution >= 4 is 17.2 Å². The molecular formula is C17H25N5O2S. The van der Waals surface area contributed by atoms with E-state index in [1.165, 1.54) is 11.3 Å². The molecule has 0 radical (unpaired) electrons. The monoisotopic (exact) mass is 363 g/mol. The largest absolute Gasteiger partial charge is 0.348 e. The molecule has 1 aliphatic rings. The molecule has 0 atom stereocenters. The average molecular weight is 363 g/mol. The first-order valence-electron chi connectivity index (χ1n) is 8.90. The van der Waals surface area contributed by atoms with Crippen LogP contribution in [0.15, 0.2) is 10.0 Å². The highest BCUT2D eigenvalue weighted by atomic mass is 32.1. The summed E-state index contributed by atoms with van der Waals surface area (Å²) in [7, 11) is 0. The van der Waals surface area contributed by atoms with Crippen LogP contribution in [0.25, 0.3) is 0 Å². The Bertz CT molecular complexity index is 691. The van der Waals surface area contributed by atoms with Gasteiger partial charge in [-0.2, -0.15) is 4.98 Å². The van der Waals surface area contributed by atoms with Crippen LogP contribution in [0.3, 0.4) is 0 Å². The van der Waals surface area contributed by atoms with Crippen LogP contribution in [-0.2, 0) is 13.0 Å². The van der Waals surface area contributed by atoms with E-state index >= 15 is 0 Å². The molecule has 136 valence electrons. The zero-order valence-corrected chi connectivity index (χ0v) is 15.6. The Hall–Kier alpha value is -1.80. The quantitative estimate of drug-likeness (QED) is 0.814. The molecule has 0 aliphatic carbocycles. The maximum Gasteiger partial charge on any atom is 0.263 e. The standard InChI is InChI=1S/C17H25N5O2S/c1-3-4-5-15-20-14(21-24-15)10-22-8-6-13(7-9-22)19-17(23)16-12(2)18-11-25-16/h11,13H,3-10H2,1-2H3,(H,19,23). The molecular weight excluding hydrogens is 338 g/mol. The Morgan fingerprint density at radius 3 is 2.92 bits per heavy atom. The molecule has 1 aliphatic heterocycles. The van der Waals surface area contributed by atoms with Gasteiger partial charge in [-0.3, -0.25) is 9.69 Å². The molecule has 25 heavy (non-hydrogen) atoms. The lowest BCUT2D eigenvalue weighted by Gasteiger charge is -2.31. The lowest BCUT2D eigenvalue weighted by atomic mass is 10.0. The summed E-state index contributed by atoms with van der Waals surface area (Å²) in [5, 5.41) is 7.20. The maximum absolute atomic E-state index is 12.3. The number of rotatable bonds is 7. The predicted octanol–water partition coefficient (Wildman–Crippen LogP) is 2.57. The summed E-state index contributed by atoms with van der Waals surface area (Å²) in [6.45, 7) is 6.57. The van der Waals surface area contributed by atoms with E-state index in [0.717, 1.165) is 62.6 Å². The third-order valence-corrected chi connectivity index (χ3v) is 5.42. The van der Waals surface area contributed by atoms with Crippen molar-refractivity contribution in [3.05, 3.63) is 27.8 Å². The minimum Gasteiger partial charge on any atom is -0.348 e. The van der Waals surface area contributed by atoms with Gasteiger partial charge in [0.15, 0.2) is 5.82 Å². The van der Waals surface area contributed by atoms with Gasteiger partial charge in [-0.25, -0.2) is 4.98 Å². The van der Waals surface area contributed by atoms with Crippen molar-refractivity contribution in [2.75, 3.05) is 13.1 Å². The number of aryl methyl sites for hydroxylation is 2. The molecule has 1 N–H and O–H groups in total. The van der Waals surface area contributed by atoms with Crippen molar-refractivity contribution in [3.8, 4) is 0 Å². The number of carbonyl (C=O) groups excluding carboxylic acids is 1. The van der Waals surface area contributed by atoms with Gasteiger partial charge in [-0.15, -0.1) is 11.3 Å². The molecule has 2 aromatic rings. The van der Waals surface area contributed by atoms with Crippen LogP contribution in [0, 0.1) is 6.92 Å². The van der Waals surface area contributed by atoms with Crippen LogP contribution in [0.2, 0.25) is 0 Å². The predicted molar refractivity (Wildman–Crippen MR) is 95.5 cm³/mol. The molecule has 7 nitrogen and oxygen atoms in total. The number of carbonyl (C=O) groups is 1. The van der Waals surface area contributed by atoms with Crippen molar-refractivity contribution < 1.29 is 9.32 Å². The summed E-state index contributed by atoms with van der Waals surface area (Å²) in [5.74, 6) is 1.49. The second-order valence-corrected chi connectivity index (χ2v) is 7.35. The van der Waals surface area contributed by atoms with Crippen LogP contribution >= 0.6 is 11.3 Å². The van der Waals surface area contributed by atoms with Gasteiger partial charge in [0.05, 0.1) is 17.7 Å². The number of likely N-dealkylation sites (tertiary alicyclic amines) is 1. The second kappa shape index (κ2) is 8.53. The topological polar surface area (TPSA) is 84.2 Å². The van der Waals surface area contributed by atoms with E-state index in [1.807, 2.05) is 6.92 Å². The second-order valence-electron chi connectivity index (χ2n) is 6.50. The van der Waals surface area contributed by atoms with Gasteiger partial charge in [0.25, 0.3) is 5.91 Å². The first kappa shape index (κ1) is 18.0. The lowest BCUT2D eigenvalue weighted by molar-refractivity contribution is 0.0911. The SMILES string of the molecule is CCCCc1nc(CN2CCC(NC(=O)c3scnc3C)CC2)no1. The number of unbranched alkanes of at least 4 members (excludes halogenated alkanes) is 1. The van der Waals surface area contributed by atoms with E-state index in [2.05, 4.69) is 32.3 Å². The maximum atomic E-state index is 12.3. The van der Waals surface area contributed by atoms with Crippen LogP contribution in [-0.4, -0.2) is 45.1 Å². The average Bonchev–Trinajstić information content (AvgIpc) is 3.23. The van der Waals surface area contributed by atoms with Gasteiger partial charge in [0.1, 0.15) is 4.88 Å². The summed E-state index contributed by atoms with van der Waals surface area (Å²) < 4.78 is 5.28. The van der Waals surface area contributed by atoms with Crippen molar-refractivity contribution in [3.63, 3.8) is 0 Å². The number of nitrogens with one attached hydrogen (secondary N) is 1. The zero-order chi connectivity index (χ0) is 17.6. The van der Waals surface area contributed by atoms with Gasteiger partial charge < -0.3 is 9.84 Å². The summed E-state index contributed by atoms with van der Waals surface area (Å²) in [5.41, 5.74) is 2.52. The summed E-state index contributed by atoms with van der Waals surface area (Å²) in [6.07, 6.45) is 4.92. The zero-order valence-electron chi connectivity index (χ0n) is 14.8. The van der Waals surface area contributed by atoms with Gasteiger partial charge in [-0.1, -0.05) is 18.5 Å². The van der Waals surface area contributed by atoms with Crippen molar-refractivity contribution in [1.82, 2.24) is 25.3 Å². The Kier molecular flexibility index (Phi) is 6.14. The van der Waals surface area contributed by atoms with E-state index in [0.29, 0.717) is 11.4 Å². The molecule has 8 heteroatoms. The summed E-state index contributed by atoms with van der Waals surface area (Å²) in [6, 6.07) is 0.218. The molecule has 3 heterocycles. The Labute approximate surface area is 151 Å². The molecule has 0 aromatic carbocycles. The number of hydrogen-bond acceptors (Lipinski definition) is 7. The van der Waals surface area contributed by atoms with Crippen LogP contribution < -0.4 is 5.32 Å². The fourth-order valence-corrected chi connectivity index (χ4v) is 3.70. The van der Waals surface area contributed by atoms with Crippen LogP contribution in [0.5, 0.6) is 0 Å². The number of nitrogens with zero attached hydrogens (tertiary/aromatic N) is 4. The van der Waals surface area contributed by atoms with E-state index in [-0.39, 0.29) is 11.9 Å². The third kappa shape index (κ3) is 4.85. The van der Waals surface area contributed by atoms with Crippen LogP contribution in [0.4, 0.5) is 0 Å². The van der Waals surface area contributed by atoms with Gasteiger partial charge in [-0.05, 0) is 26.2 Å². The fourth-order valence-electron chi connectivity index (χ4n) is 2.99. The summed E-state index contributed by atoms with van der Waals surface area (Å²) >= 11 is 1.40. The normalized spacial score (nSPS) is 16.2. The molecule has 0 saturated carbocycles. The number of aromatic nitrogens is 3. The molecule has 3 rings (SSSR count). The van der Waals surface area contributed by atoms with E-state index in [9.17, 15) is 4.79 Å². The Morgan fingerprint density at radius 1 is 1.44 bits per heavy atom. The third-order valence-electron chi connectivity index (χ3n) is 4.49. The lowest BCUT2D eigenvalue weighted by Crippen LogP contribution is -2.44. The first-order chi connectivity index (χ1) is 12.2. The van der Waals surface area contributed by atoms with Crippen molar-refractivity contribution in [2.24, 2.45) is 0 Å². The Morgan fingerprint density at radius 2 is 2.24 bits per heavy atom. The molecule has 2 aromatic heterocycles. The van der Waals surface area contributed by atoms with E-state index in [1.54, 1.807) is 5.51 Å². The van der Waals surface area contributed by atoms with E-state index in [4.69, 9.17) is 4.52 Å². The minimum atomic E-state index is -0.00261. The number of thiazole rings is 1. The Balaban J connectivity index is 1.43. The molecule has 1 saturated heterocycles. The van der Waals surface area contributed by atoms with Crippen molar-refractivity contribution in [1.29, 1.82) is 0 Å². The van der Waals surface area contributed by atoms with Gasteiger partial charge in [0.2, 0.25) is 5.89 Å². The van der Waals surface area contributed by atoms with E-state index < -0.39 is 0 Å². The number of hydrogen-bond donors (Lipinski definition) is 1. The number of amides is 1. The smallest absolute Gasteiger partial charge is 0.263 e. The van der Waals surface area contributed by atoms with Gasteiger partial charge in [0, 0.05) is 25.6 Å². The number of piperidine rings is 1. The minimum absolute atomic E-state index is 0.00261. The van der Waals surface area contributed by atoms with Crippen LogP contribution in [0.1, 0.15) is 59.7 Å². The highest BCUT2D eigenvalue weighted by molar-refractivity contribution is 7.11. The molecule has 0 spiro atoms. The highest BCUT2D eigenvalue weighted by Crippen LogP contribution is 2.16. The van der Waals surface area contributed by atoms with Crippen molar-refractivity contribution in [2.45, 2.75) is 58.5 Å². The fraction of sp³-hybridized carbons (Fsp3) is 0.647. The molecule has 0 bridgehead atoms. The van der Waals surface area contributed by atoms with Gasteiger partial charge >= 0.3 is 0 Å². The summed E-state index contributed by atoms with van der Waals surface area (Å²) in [4.78, 5) is 23.9. The first-order valence-corrected chi connectivity index (χ1v) is 9.78. The highest BCUT2D eigenvalue weighted by Gasteiger charge is 2.23.